The normalized spacial score (nSPS) is 16.9. The Morgan fingerprint density at radius 3 is 1.57 bits per heavy atom. The molecular formula is C39H66O6Si2. The SMILES string of the molecule is CC[Si](CC)(CC)O[C@@H]([C@@H](C)[C@H](OCc1ccc(OC)cc1)[C@@H](C)[C@H](C)OCc1ccccc1)[C@@H](C)[C@H](C=O)O[Si](CC)(CC)CC. The van der Waals surface area contributed by atoms with E-state index in [1.54, 1.807) is 7.11 Å². The second kappa shape index (κ2) is 20.6. The molecule has 0 unspecified atom stereocenters. The fraction of sp³-hybridized carbons (Fsp3) is 0.667. The molecule has 0 spiro atoms. The second-order valence-corrected chi connectivity index (χ2v) is 22.9. The molecule has 47 heavy (non-hydrogen) atoms. The summed E-state index contributed by atoms with van der Waals surface area (Å²) < 4.78 is 33.1. The Hall–Kier alpha value is -1.82. The molecule has 0 radical (unpaired) electrons. The summed E-state index contributed by atoms with van der Waals surface area (Å²) in [7, 11) is -2.44. The Morgan fingerprint density at radius 1 is 0.596 bits per heavy atom. The van der Waals surface area contributed by atoms with E-state index in [2.05, 4.69) is 93.5 Å². The quantitative estimate of drug-likeness (QED) is 0.0809. The lowest BCUT2D eigenvalue weighted by molar-refractivity contribution is -0.127. The van der Waals surface area contributed by atoms with Crippen LogP contribution in [0.1, 0.15) is 80.4 Å². The van der Waals surface area contributed by atoms with E-state index in [0.717, 1.165) is 59.4 Å². The van der Waals surface area contributed by atoms with Crippen LogP contribution in [0.2, 0.25) is 36.3 Å². The average Bonchev–Trinajstić information content (AvgIpc) is 3.12. The lowest BCUT2D eigenvalue weighted by Crippen LogP contribution is -2.53. The molecule has 0 aliphatic rings. The van der Waals surface area contributed by atoms with Crippen LogP contribution in [0, 0.1) is 17.8 Å². The number of ether oxygens (including phenoxy) is 3. The van der Waals surface area contributed by atoms with E-state index in [1.165, 1.54) is 0 Å². The fourth-order valence-electron chi connectivity index (χ4n) is 6.82. The van der Waals surface area contributed by atoms with E-state index < -0.39 is 22.7 Å². The molecule has 0 fully saturated rings. The Balaban J connectivity index is 2.52. The van der Waals surface area contributed by atoms with Crippen LogP contribution < -0.4 is 4.74 Å². The molecule has 2 rings (SSSR count). The lowest BCUT2D eigenvalue weighted by Gasteiger charge is -2.45. The van der Waals surface area contributed by atoms with Crippen molar-refractivity contribution in [1.29, 1.82) is 0 Å². The number of hydrogen-bond donors (Lipinski definition) is 0. The van der Waals surface area contributed by atoms with Gasteiger partial charge in [-0.25, -0.2) is 0 Å². The van der Waals surface area contributed by atoms with Crippen LogP contribution >= 0.6 is 0 Å². The molecule has 0 N–H and O–H groups in total. The fourth-order valence-corrected chi connectivity index (χ4v) is 12.7. The van der Waals surface area contributed by atoms with Crippen LogP contribution in [0.25, 0.3) is 0 Å². The molecular weight excluding hydrogens is 621 g/mol. The first-order chi connectivity index (χ1) is 22.5. The van der Waals surface area contributed by atoms with Gasteiger partial charge in [0.2, 0.25) is 0 Å². The molecule has 0 amide bonds. The van der Waals surface area contributed by atoms with Crippen molar-refractivity contribution in [3.63, 3.8) is 0 Å². The van der Waals surface area contributed by atoms with Gasteiger partial charge in [-0.05, 0) is 66.4 Å². The highest BCUT2D eigenvalue weighted by Gasteiger charge is 2.45. The number of aldehydes is 1. The Bertz CT molecular complexity index is 1110. The third kappa shape index (κ3) is 11.6. The molecule has 8 heteroatoms. The van der Waals surface area contributed by atoms with Crippen molar-refractivity contribution in [3.05, 3.63) is 65.7 Å². The van der Waals surface area contributed by atoms with Crippen LogP contribution in [0.4, 0.5) is 0 Å². The Kier molecular flexibility index (Phi) is 18.2. The van der Waals surface area contributed by atoms with Crippen LogP contribution in [0.3, 0.4) is 0 Å². The summed E-state index contributed by atoms with van der Waals surface area (Å²) in [5.74, 6) is 0.722. The number of benzene rings is 2. The van der Waals surface area contributed by atoms with E-state index in [1.807, 2.05) is 30.3 Å². The number of carbonyl (C=O) groups is 1. The summed E-state index contributed by atoms with van der Waals surface area (Å²) in [4.78, 5) is 12.9. The predicted molar refractivity (Wildman–Crippen MR) is 200 cm³/mol. The molecule has 266 valence electrons. The van der Waals surface area contributed by atoms with E-state index in [9.17, 15) is 4.79 Å². The first kappa shape index (κ1) is 41.4. The Morgan fingerprint density at radius 2 is 1.09 bits per heavy atom. The monoisotopic (exact) mass is 686 g/mol. The summed E-state index contributed by atoms with van der Waals surface area (Å²) in [6.07, 6.45) is 0.0595. The molecule has 0 saturated heterocycles. The van der Waals surface area contributed by atoms with Crippen molar-refractivity contribution < 1.29 is 27.9 Å². The van der Waals surface area contributed by atoms with Gasteiger partial charge < -0.3 is 27.9 Å². The summed E-state index contributed by atoms with van der Waals surface area (Å²) >= 11 is 0. The van der Waals surface area contributed by atoms with E-state index in [0.29, 0.717) is 13.2 Å². The van der Waals surface area contributed by atoms with Gasteiger partial charge in [-0.15, -0.1) is 0 Å². The highest BCUT2D eigenvalue weighted by Crippen LogP contribution is 2.37. The minimum Gasteiger partial charge on any atom is -0.497 e. The second-order valence-electron chi connectivity index (χ2n) is 13.5. The molecule has 0 heterocycles. The lowest BCUT2D eigenvalue weighted by atomic mass is 9.81. The minimum atomic E-state index is -2.07. The molecule has 0 aliphatic carbocycles. The predicted octanol–water partition coefficient (Wildman–Crippen LogP) is 10.1. The van der Waals surface area contributed by atoms with Crippen LogP contribution in [-0.4, -0.2) is 54.4 Å². The molecule has 6 nitrogen and oxygen atoms in total. The van der Waals surface area contributed by atoms with E-state index in [4.69, 9.17) is 23.1 Å². The van der Waals surface area contributed by atoms with Gasteiger partial charge >= 0.3 is 0 Å². The maximum absolute atomic E-state index is 12.9. The average molecular weight is 687 g/mol. The van der Waals surface area contributed by atoms with Crippen molar-refractivity contribution in [1.82, 2.24) is 0 Å². The zero-order chi connectivity index (χ0) is 35.0. The van der Waals surface area contributed by atoms with Gasteiger partial charge in [0.25, 0.3) is 0 Å². The summed E-state index contributed by atoms with van der Waals surface area (Å²) in [5.41, 5.74) is 2.23. The first-order valence-electron chi connectivity index (χ1n) is 18.2. The molecule has 0 bridgehead atoms. The zero-order valence-electron chi connectivity index (χ0n) is 31.4. The molecule has 2 aromatic carbocycles. The molecule has 0 aliphatic heterocycles. The van der Waals surface area contributed by atoms with Gasteiger partial charge in [0.15, 0.2) is 16.6 Å². The van der Waals surface area contributed by atoms with Crippen molar-refractivity contribution in [3.8, 4) is 5.75 Å². The number of rotatable bonds is 24. The van der Waals surface area contributed by atoms with Crippen molar-refractivity contribution in [2.75, 3.05) is 7.11 Å². The van der Waals surface area contributed by atoms with Gasteiger partial charge in [-0.1, -0.05) is 105 Å². The van der Waals surface area contributed by atoms with Gasteiger partial charge in [-0.2, -0.15) is 0 Å². The van der Waals surface area contributed by atoms with E-state index in [-0.39, 0.29) is 36.1 Å². The third-order valence-electron chi connectivity index (χ3n) is 11.1. The summed E-state index contributed by atoms with van der Waals surface area (Å²) in [6.45, 7) is 23.2. The highest BCUT2D eigenvalue weighted by atomic mass is 28.4. The number of methoxy groups -OCH3 is 1. The third-order valence-corrected chi connectivity index (χ3v) is 20.3. The van der Waals surface area contributed by atoms with Crippen molar-refractivity contribution >= 4 is 22.9 Å². The molecule has 2 aromatic rings. The molecule has 0 saturated carbocycles. The summed E-state index contributed by atoms with van der Waals surface area (Å²) in [6, 6.07) is 24.5. The van der Waals surface area contributed by atoms with E-state index >= 15 is 0 Å². The molecule has 7 atom stereocenters. The highest BCUT2D eigenvalue weighted by molar-refractivity contribution is 6.74. The maximum Gasteiger partial charge on any atom is 0.193 e. The number of hydrogen-bond acceptors (Lipinski definition) is 6. The van der Waals surface area contributed by atoms with Gasteiger partial charge in [-0.3, -0.25) is 0 Å². The first-order valence-corrected chi connectivity index (χ1v) is 23.3. The Labute approximate surface area is 289 Å². The summed E-state index contributed by atoms with van der Waals surface area (Å²) in [5, 5.41) is 0. The minimum absolute atomic E-state index is 0.0236. The van der Waals surface area contributed by atoms with Crippen LogP contribution in [0.15, 0.2) is 54.6 Å². The van der Waals surface area contributed by atoms with Crippen molar-refractivity contribution in [2.24, 2.45) is 17.8 Å². The topological polar surface area (TPSA) is 63.2 Å². The van der Waals surface area contributed by atoms with Crippen LogP contribution in [-0.2, 0) is 36.3 Å². The van der Waals surface area contributed by atoms with Crippen molar-refractivity contribution in [2.45, 2.75) is 143 Å². The van der Waals surface area contributed by atoms with Gasteiger partial charge in [0, 0.05) is 17.8 Å². The van der Waals surface area contributed by atoms with Crippen LogP contribution in [0.5, 0.6) is 5.75 Å². The largest absolute Gasteiger partial charge is 0.497 e. The smallest absolute Gasteiger partial charge is 0.193 e. The molecule has 0 aromatic heterocycles. The maximum atomic E-state index is 12.9. The number of carbonyl (C=O) groups excluding carboxylic acids is 1. The van der Waals surface area contributed by atoms with Gasteiger partial charge in [0.1, 0.15) is 18.1 Å². The van der Waals surface area contributed by atoms with Gasteiger partial charge in [0.05, 0.1) is 38.6 Å². The zero-order valence-corrected chi connectivity index (χ0v) is 33.4. The standard InChI is InChI=1S/C39H66O6Si2/c1-12-46(13-2,14-3)44-37(27-40)31(8)39(45-47(15-4,16-5)17-6)32(9)38(43-29-35-23-25-36(41-11)26-24-35)30(7)33(10)42-28-34-21-19-18-20-22-34/h18-27,30-33,37-39H,12-17,28-29H2,1-11H3/t30-,31-,32-,33-,37-,38+,39+/m0/s1.